The second-order valence-electron chi connectivity index (χ2n) is 5.83. The van der Waals surface area contributed by atoms with Crippen molar-refractivity contribution in [2.45, 2.75) is 26.1 Å². The van der Waals surface area contributed by atoms with Crippen molar-refractivity contribution >= 4 is 11.6 Å². The van der Waals surface area contributed by atoms with Crippen molar-refractivity contribution in [2.75, 3.05) is 13.6 Å². The van der Waals surface area contributed by atoms with Crippen LogP contribution in [0.2, 0.25) is 5.02 Å². The molecule has 2 aromatic carbocycles. The Hall–Kier alpha value is -1.35. The Labute approximate surface area is 131 Å². The van der Waals surface area contributed by atoms with Crippen LogP contribution in [0.5, 0.6) is 0 Å². The predicted octanol–water partition coefficient (Wildman–Crippen LogP) is 3.62. The first-order valence-corrected chi connectivity index (χ1v) is 7.83. The van der Waals surface area contributed by atoms with E-state index >= 15 is 0 Å². The van der Waals surface area contributed by atoms with Crippen molar-refractivity contribution in [3.05, 3.63) is 69.7 Å². The van der Waals surface area contributed by atoms with Crippen molar-refractivity contribution in [3.8, 4) is 0 Å². The maximum atomic E-state index is 6.04. The molecular formula is C18H21ClN2. The third-order valence-corrected chi connectivity index (χ3v) is 4.19. The highest BCUT2D eigenvalue weighted by Gasteiger charge is 2.10. The third kappa shape index (κ3) is 3.85. The Morgan fingerprint density at radius 1 is 1.05 bits per heavy atom. The summed E-state index contributed by atoms with van der Waals surface area (Å²) in [6.07, 6.45) is 1.15. The SMILES string of the molecule is CN(Cc1cccc(Cl)c1)Cc1ccc2c(c1)CNCC2. The first-order chi connectivity index (χ1) is 10.2. The molecule has 0 saturated heterocycles. The summed E-state index contributed by atoms with van der Waals surface area (Å²) in [5.74, 6) is 0. The van der Waals surface area contributed by atoms with Gasteiger partial charge in [0.05, 0.1) is 0 Å². The standard InChI is InChI=1S/C18H21ClN2/c1-21(12-14-3-2-4-18(19)10-14)13-15-5-6-16-7-8-20-11-17(16)9-15/h2-6,9-10,20H,7-8,11-13H2,1H3. The van der Waals surface area contributed by atoms with Gasteiger partial charge in [-0.3, -0.25) is 4.90 Å². The number of benzene rings is 2. The van der Waals surface area contributed by atoms with E-state index in [9.17, 15) is 0 Å². The van der Waals surface area contributed by atoms with Gasteiger partial charge in [0.2, 0.25) is 0 Å². The molecule has 3 rings (SSSR count). The summed E-state index contributed by atoms with van der Waals surface area (Å²) in [5.41, 5.74) is 5.58. The third-order valence-electron chi connectivity index (χ3n) is 3.95. The van der Waals surface area contributed by atoms with Gasteiger partial charge in [-0.25, -0.2) is 0 Å². The molecule has 110 valence electrons. The average Bonchev–Trinajstić information content (AvgIpc) is 2.47. The highest BCUT2D eigenvalue weighted by atomic mass is 35.5. The Morgan fingerprint density at radius 2 is 1.86 bits per heavy atom. The van der Waals surface area contributed by atoms with Crippen molar-refractivity contribution < 1.29 is 0 Å². The molecule has 0 aliphatic carbocycles. The molecule has 1 N–H and O–H groups in total. The summed E-state index contributed by atoms with van der Waals surface area (Å²) in [6.45, 7) is 3.97. The van der Waals surface area contributed by atoms with E-state index in [-0.39, 0.29) is 0 Å². The zero-order chi connectivity index (χ0) is 14.7. The molecule has 0 bridgehead atoms. The van der Waals surface area contributed by atoms with E-state index < -0.39 is 0 Å². The van der Waals surface area contributed by atoms with Gasteiger partial charge < -0.3 is 5.32 Å². The van der Waals surface area contributed by atoms with E-state index in [1.807, 2.05) is 18.2 Å². The molecule has 0 saturated carbocycles. The van der Waals surface area contributed by atoms with Crippen LogP contribution in [0.25, 0.3) is 0 Å². The van der Waals surface area contributed by atoms with Gasteiger partial charge in [0.15, 0.2) is 0 Å². The zero-order valence-corrected chi connectivity index (χ0v) is 13.2. The normalized spacial score (nSPS) is 14.2. The molecule has 0 fully saturated rings. The summed E-state index contributed by atoms with van der Waals surface area (Å²) in [5, 5.41) is 4.25. The minimum Gasteiger partial charge on any atom is -0.312 e. The smallest absolute Gasteiger partial charge is 0.0409 e. The second kappa shape index (κ2) is 6.61. The Balaban J connectivity index is 1.65. The number of hydrogen-bond acceptors (Lipinski definition) is 2. The fraction of sp³-hybridized carbons (Fsp3) is 0.333. The van der Waals surface area contributed by atoms with Gasteiger partial charge >= 0.3 is 0 Å². The van der Waals surface area contributed by atoms with Crippen molar-refractivity contribution in [1.29, 1.82) is 0 Å². The van der Waals surface area contributed by atoms with Gasteiger partial charge in [0.25, 0.3) is 0 Å². The minimum atomic E-state index is 0.806. The molecule has 0 amide bonds. The lowest BCUT2D eigenvalue weighted by Crippen LogP contribution is -2.24. The molecular weight excluding hydrogens is 280 g/mol. The largest absolute Gasteiger partial charge is 0.312 e. The lowest BCUT2D eigenvalue weighted by atomic mass is 9.98. The molecule has 0 atom stereocenters. The van der Waals surface area contributed by atoms with Crippen LogP contribution < -0.4 is 5.32 Å². The van der Waals surface area contributed by atoms with Crippen molar-refractivity contribution in [3.63, 3.8) is 0 Å². The lowest BCUT2D eigenvalue weighted by Gasteiger charge is -2.21. The molecule has 1 aliphatic heterocycles. The summed E-state index contributed by atoms with van der Waals surface area (Å²) in [6, 6.07) is 15.0. The van der Waals surface area contributed by atoms with Crippen LogP contribution in [0, 0.1) is 0 Å². The number of nitrogens with one attached hydrogen (secondary N) is 1. The van der Waals surface area contributed by atoms with Gasteiger partial charge in [0.1, 0.15) is 0 Å². The minimum absolute atomic E-state index is 0.806. The van der Waals surface area contributed by atoms with E-state index in [0.717, 1.165) is 37.6 Å². The monoisotopic (exact) mass is 300 g/mol. The predicted molar refractivity (Wildman–Crippen MR) is 88.5 cm³/mol. The molecule has 0 spiro atoms. The summed E-state index contributed by atoms with van der Waals surface area (Å²) >= 11 is 6.04. The molecule has 2 aromatic rings. The van der Waals surface area contributed by atoms with E-state index in [0.29, 0.717) is 0 Å². The maximum Gasteiger partial charge on any atom is 0.0409 e. The topological polar surface area (TPSA) is 15.3 Å². The van der Waals surface area contributed by atoms with E-state index in [1.54, 1.807) is 0 Å². The van der Waals surface area contributed by atoms with Crippen molar-refractivity contribution in [2.24, 2.45) is 0 Å². The Kier molecular flexibility index (Phi) is 4.59. The summed E-state index contributed by atoms with van der Waals surface area (Å²) in [4.78, 5) is 2.32. The second-order valence-corrected chi connectivity index (χ2v) is 6.27. The fourth-order valence-corrected chi connectivity index (χ4v) is 3.16. The van der Waals surface area contributed by atoms with E-state index in [1.165, 1.54) is 22.3 Å². The quantitative estimate of drug-likeness (QED) is 0.928. The number of nitrogens with zero attached hydrogens (tertiary/aromatic N) is 1. The van der Waals surface area contributed by atoms with Crippen LogP contribution in [-0.4, -0.2) is 18.5 Å². The van der Waals surface area contributed by atoms with Crippen LogP contribution in [0.15, 0.2) is 42.5 Å². The van der Waals surface area contributed by atoms with Gasteiger partial charge in [0, 0.05) is 24.7 Å². The summed E-state index contributed by atoms with van der Waals surface area (Å²) in [7, 11) is 2.15. The number of halogens is 1. The average molecular weight is 301 g/mol. The van der Waals surface area contributed by atoms with Crippen LogP contribution >= 0.6 is 11.6 Å². The molecule has 3 heteroatoms. The van der Waals surface area contributed by atoms with Crippen molar-refractivity contribution in [1.82, 2.24) is 10.2 Å². The van der Waals surface area contributed by atoms with Crippen LogP contribution in [-0.2, 0) is 26.1 Å². The van der Waals surface area contributed by atoms with Gasteiger partial charge in [-0.05, 0) is 54.4 Å². The molecule has 1 aliphatic rings. The zero-order valence-electron chi connectivity index (χ0n) is 12.4. The molecule has 1 heterocycles. The van der Waals surface area contributed by atoms with Gasteiger partial charge in [-0.15, -0.1) is 0 Å². The van der Waals surface area contributed by atoms with Crippen LogP contribution in [0.4, 0.5) is 0 Å². The highest BCUT2D eigenvalue weighted by Crippen LogP contribution is 2.18. The first-order valence-electron chi connectivity index (χ1n) is 7.45. The van der Waals surface area contributed by atoms with Gasteiger partial charge in [-0.1, -0.05) is 41.9 Å². The molecule has 0 aromatic heterocycles. The fourth-order valence-electron chi connectivity index (χ4n) is 2.95. The van der Waals surface area contributed by atoms with Crippen LogP contribution in [0.1, 0.15) is 22.3 Å². The highest BCUT2D eigenvalue weighted by molar-refractivity contribution is 6.30. The Bertz CT molecular complexity index is 624. The molecule has 0 unspecified atom stereocenters. The van der Waals surface area contributed by atoms with E-state index in [2.05, 4.69) is 41.5 Å². The lowest BCUT2D eigenvalue weighted by molar-refractivity contribution is 0.319. The van der Waals surface area contributed by atoms with E-state index in [4.69, 9.17) is 11.6 Å². The van der Waals surface area contributed by atoms with Gasteiger partial charge in [-0.2, -0.15) is 0 Å². The first kappa shape index (κ1) is 14.6. The number of rotatable bonds is 4. The Morgan fingerprint density at radius 3 is 2.67 bits per heavy atom. The summed E-state index contributed by atoms with van der Waals surface area (Å²) < 4.78 is 0. The molecule has 2 nitrogen and oxygen atoms in total. The molecule has 21 heavy (non-hydrogen) atoms. The van der Waals surface area contributed by atoms with Crippen LogP contribution in [0.3, 0.4) is 0 Å². The molecule has 0 radical (unpaired) electrons. The number of fused-ring (bicyclic) bond motifs is 1. The number of hydrogen-bond donors (Lipinski definition) is 1. The maximum absolute atomic E-state index is 6.04.